The van der Waals surface area contributed by atoms with Crippen LogP contribution >= 0.6 is 0 Å². The number of anilines is 1. The Kier molecular flexibility index (Phi) is 4.79. The minimum absolute atomic E-state index is 0.0436. The van der Waals surface area contributed by atoms with Gasteiger partial charge in [0.05, 0.1) is 24.8 Å². The molecule has 0 radical (unpaired) electrons. The molecule has 0 unspecified atom stereocenters. The van der Waals surface area contributed by atoms with Crippen LogP contribution in [-0.2, 0) is 10.0 Å². The minimum Gasteiger partial charge on any atom is -0.497 e. The van der Waals surface area contributed by atoms with Gasteiger partial charge in [0.15, 0.2) is 0 Å². The highest BCUT2D eigenvalue weighted by molar-refractivity contribution is 7.92. The maximum atomic E-state index is 13.4. The first-order valence-corrected chi connectivity index (χ1v) is 8.28. The molecule has 2 aromatic carbocycles. The number of benzene rings is 2. The summed E-state index contributed by atoms with van der Waals surface area (Å²) in [7, 11) is -1.01. The summed E-state index contributed by atoms with van der Waals surface area (Å²) in [4.78, 5) is 0.129. The summed E-state index contributed by atoms with van der Waals surface area (Å²) >= 11 is 0. The van der Waals surface area contributed by atoms with Crippen molar-refractivity contribution in [1.29, 1.82) is 0 Å². The number of nitrogens with one attached hydrogen (secondary N) is 1. The maximum Gasteiger partial charge on any atom is 0.262 e. The van der Waals surface area contributed by atoms with Crippen LogP contribution < -0.4 is 14.2 Å². The zero-order valence-corrected chi connectivity index (χ0v) is 14.1. The zero-order valence-electron chi connectivity index (χ0n) is 13.3. The zero-order chi connectivity index (χ0) is 17.2. The summed E-state index contributed by atoms with van der Waals surface area (Å²) in [6.45, 7) is 3.35. The van der Waals surface area contributed by atoms with Crippen molar-refractivity contribution in [3.8, 4) is 11.5 Å². The van der Waals surface area contributed by atoms with Crippen LogP contribution in [0.3, 0.4) is 0 Å². The van der Waals surface area contributed by atoms with E-state index in [1.54, 1.807) is 26.0 Å². The highest BCUT2D eigenvalue weighted by atomic mass is 32.2. The van der Waals surface area contributed by atoms with Gasteiger partial charge in [-0.3, -0.25) is 4.72 Å². The van der Waals surface area contributed by atoms with Gasteiger partial charge in [-0.2, -0.15) is 0 Å². The first kappa shape index (κ1) is 17.1. The molecule has 0 saturated carbocycles. The van der Waals surface area contributed by atoms with E-state index in [-0.39, 0.29) is 16.3 Å². The van der Waals surface area contributed by atoms with Gasteiger partial charge in [0.25, 0.3) is 10.0 Å². The molecule has 2 rings (SSSR count). The maximum absolute atomic E-state index is 13.4. The summed E-state index contributed by atoms with van der Waals surface area (Å²) in [6, 6.07) is 6.89. The van der Waals surface area contributed by atoms with Gasteiger partial charge in [-0.05, 0) is 49.2 Å². The van der Waals surface area contributed by atoms with Crippen LogP contribution in [0.15, 0.2) is 35.2 Å². The average molecular weight is 339 g/mol. The van der Waals surface area contributed by atoms with Gasteiger partial charge in [0, 0.05) is 6.07 Å². The molecule has 124 valence electrons. The largest absolute Gasteiger partial charge is 0.497 e. The summed E-state index contributed by atoms with van der Waals surface area (Å²) in [5, 5.41) is 0. The number of sulfonamides is 1. The molecule has 1 N–H and O–H groups in total. The summed E-state index contributed by atoms with van der Waals surface area (Å²) in [6.07, 6.45) is 0. The monoisotopic (exact) mass is 339 g/mol. The molecule has 2 aromatic rings. The SMILES string of the molecule is COc1cc(C)c(S(=O)(=O)Nc2cc(F)ccc2OC)c(C)c1. The lowest BCUT2D eigenvalue weighted by Gasteiger charge is -2.16. The third-order valence-corrected chi connectivity index (χ3v) is 5.01. The van der Waals surface area contributed by atoms with Gasteiger partial charge >= 0.3 is 0 Å². The Labute approximate surface area is 135 Å². The fraction of sp³-hybridized carbons (Fsp3) is 0.250. The summed E-state index contributed by atoms with van der Waals surface area (Å²) in [5.74, 6) is 0.243. The van der Waals surface area contributed by atoms with E-state index in [0.29, 0.717) is 16.9 Å². The predicted molar refractivity (Wildman–Crippen MR) is 86.2 cm³/mol. The van der Waals surface area contributed by atoms with Crippen LogP contribution in [-0.4, -0.2) is 22.6 Å². The van der Waals surface area contributed by atoms with E-state index in [1.165, 1.54) is 26.4 Å². The second-order valence-corrected chi connectivity index (χ2v) is 6.66. The molecular weight excluding hydrogens is 321 g/mol. The number of hydrogen-bond acceptors (Lipinski definition) is 4. The van der Waals surface area contributed by atoms with Crippen molar-refractivity contribution in [3.05, 3.63) is 47.3 Å². The van der Waals surface area contributed by atoms with Crippen LogP contribution in [0.25, 0.3) is 0 Å². The minimum atomic E-state index is -3.90. The van der Waals surface area contributed by atoms with E-state index in [0.717, 1.165) is 6.07 Å². The lowest BCUT2D eigenvalue weighted by Crippen LogP contribution is -2.16. The number of aryl methyl sites for hydroxylation is 2. The van der Waals surface area contributed by atoms with Crippen molar-refractivity contribution in [2.45, 2.75) is 18.7 Å². The highest BCUT2D eigenvalue weighted by Gasteiger charge is 2.22. The number of methoxy groups -OCH3 is 2. The van der Waals surface area contributed by atoms with Crippen molar-refractivity contribution in [1.82, 2.24) is 0 Å². The fourth-order valence-corrected chi connectivity index (χ4v) is 3.92. The van der Waals surface area contributed by atoms with E-state index in [2.05, 4.69) is 4.72 Å². The third-order valence-electron chi connectivity index (χ3n) is 3.34. The standard InChI is InChI=1S/C16H18FNO4S/c1-10-7-13(21-3)8-11(2)16(10)23(19,20)18-14-9-12(17)5-6-15(14)22-4/h5-9,18H,1-4H3. The number of hydrogen-bond donors (Lipinski definition) is 1. The topological polar surface area (TPSA) is 64.6 Å². The Bertz CT molecular complexity index is 811. The van der Waals surface area contributed by atoms with Crippen molar-refractivity contribution < 1.29 is 22.3 Å². The van der Waals surface area contributed by atoms with Crippen LogP contribution in [0.4, 0.5) is 10.1 Å². The smallest absolute Gasteiger partial charge is 0.262 e. The molecule has 0 aliphatic heterocycles. The molecule has 0 atom stereocenters. The van der Waals surface area contributed by atoms with Gasteiger partial charge in [-0.25, -0.2) is 12.8 Å². The van der Waals surface area contributed by atoms with E-state index in [1.807, 2.05) is 0 Å². The van der Waals surface area contributed by atoms with Crippen LogP contribution in [0.5, 0.6) is 11.5 Å². The van der Waals surface area contributed by atoms with E-state index >= 15 is 0 Å². The molecule has 0 amide bonds. The second kappa shape index (κ2) is 6.45. The van der Waals surface area contributed by atoms with Crippen LogP contribution in [0.2, 0.25) is 0 Å². The van der Waals surface area contributed by atoms with Gasteiger partial charge in [0.1, 0.15) is 17.3 Å². The number of ether oxygens (including phenoxy) is 2. The van der Waals surface area contributed by atoms with Crippen LogP contribution in [0, 0.1) is 19.7 Å². The molecule has 0 saturated heterocycles. The Balaban J connectivity index is 2.50. The van der Waals surface area contributed by atoms with Gasteiger partial charge in [-0.15, -0.1) is 0 Å². The first-order chi connectivity index (χ1) is 10.8. The van der Waals surface area contributed by atoms with Crippen molar-refractivity contribution in [2.24, 2.45) is 0 Å². The van der Waals surface area contributed by atoms with E-state index in [4.69, 9.17) is 9.47 Å². The molecule has 0 aromatic heterocycles. The van der Waals surface area contributed by atoms with Crippen molar-refractivity contribution in [2.75, 3.05) is 18.9 Å². The van der Waals surface area contributed by atoms with Crippen LogP contribution in [0.1, 0.15) is 11.1 Å². The molecule has 0 aliphatic rings. The quantitative estimate of drug-likeness (QED) is 0.908. The first-order valence-electron chi connectivity index (χ1n) is 6.80. The molecule has 0 spiro atoms. The Morgan fingerprint density at radius 3 is 2.13 bits per heavy atom. The average Bonchev–Trinajstić information content (AvgIpc) is 2.45. The second-order valence-electron chi connectivity index (χ2n) is 5.04. The molecule has 7 heteroatoms. The summed E-state index contributed by atoms with van der Waals surface area (Å²) < 4.78 is 51.4. The van der Waals surface area contributed by atoms with E-state index in [9.17, 15) is 12.8 Å². The third kappa shape index (κ3) is 3.56. The van der Waals surface area contributed by atoms with Gasteiger partial charge in [0.2, 0.25) is 0 Å². The number of halogens is 1. The lowest BCUT2D eigenvalue weighted by molar-refractivity contribution is 0.413. The lowest BCUT2D eigenvalue weighted by atomic mass is 10.1. The Hall–Kier alpha value is -2.28. The summed E-state index contributed by atoms with van der Waals surface area (Å²) in [5.41, 5.74) is 1.11. The molecule has 23 heavy (non-hydrogen) atoms. The highest BCUT2D eigenvalue weighted by Crippen LogP contribution is 2.31. The normalized spacial score (nSPS) is 11.2. The molecule has 5 nitrogen and oxygen atoms in total. The molecule has 0 bridgehead atoms. The van der Waals surface area contributed by atoms with Gasteiger partial charge in [-0.1, -0.05) is 0 Å². The van der Waals surface area contributed by atoms with Crippen molar-refractivity contribution >= 4 is 15.7 Å². The Morgan fingerprint density at radius 1 is 1.00 bits per heavy atom. The molecule has 0 heterocycles. The Morgan fingerprint density at radius 2 is 1.61 bits per heavy atom. The molecule has 0 fully saturated rings. The van der Waals surface area contributed by atoms with Gasteiger partial charge < -0.3 is 9.47 Å². The fourth-order valence-electron chi connectivity index (χ4n) is 2.41. The molecular formula is C16H18FNO4S. The molecule has 0 aliphatic carbocycles. The van der Waals surface area contributed by atoms with Crippen molar-refractivity contribution in [3.63, 3.8) is 0 Å². The van der Waals surface area contributed by atoms with E-state index < -0.39 is 15.8 Å². The number of rotatable bonds is 5. The predicted octanol–water partition coefficient (Wildman–Crippen LogP) is 3.26.